The van der Waals surface area contributed by atoms with Gasteiger partial charge in [0.2, 0.25) is 19.6 Å². The molecule has 2 amide bonds. The van der Waals surface area contributed by atoms with Crippen LogP contribution in [-0.2, 0) is 34.8 Å². The minimum Gasteiger partial charge on any atom is -0.548 e. The molecule has 0 aliphatic carbocycles. The molecule has 0 aliphatic rings. The largest absolute Gasteiger partial charge is 1.00 e. The van der Waals surface area contributed by atoms with Crippen molar-refractivity contribution in [1.82, 2.24) is 10.6 Å². The van der Waals surface area contributed by atoms with Gasteiger partial charge in [-0.3, -0.25) is 14.2 Å². The van der Waals surface area contributed by atoms with Gasteiger partial charge in [0.15, 0.2) is 0 Å². The molecule has 0 bridgehead atoms. The molecule has 0 saturated heterocycles. The predicted molar refractivity (Wildman–Crippen MR) is 146 cm³/mol. The summed E-state index contributed by atoms with van der Waals surface area (Å²) in [4.78, 5) is 58.9. The molecule has 218 valence electrons. The Balaban J connectivity index is 0.00000840. The van der Waals surface area contributed by atoms with Crippen molar-refractivity contribution in [2.75, 3.05) is 6.16 Å². The molecule has 0 radical (unpaired) electrons. The molecule has 5 atom stereocenters. The van der Waals surface area contributed by atoms with Crippen LogP contribution in [-0.4, -0.2) is 53.1 Å². The van der Waals surface area contributed by atoms with Crippen molar-refractivity contribution in [1.29, 1.82) is 0 Å². The van der Waals surface area contributed by atoms with E-state index >= 15 is 0 Å². The molecular weight excluding hydrogens is 562 g/mol. The average molecular weight is 599 g/mol. The molecule has 2 rings (SSSR count). The van der Waals surface area contributed by atoms with Crippen molar-refractivity contribution in [2.24, 2.45) is 11.8 Å². The van der Waals surface area contributed by atoms with Crippen LogP contribution >= 0.6 is 7.37 Å². The van der Waals surface area contributed by atoms with Gasteiger partial charge in [-0.25, -0.2) is 4.79 Å². The van der Waals surface area contributed by atoms with Crippen LogP contribution in [0.1, 0.15) is 40.2 Å². The summed E-state index contributed by atoms with van der Waals surface area (Å²) in [5, 5.41) is 15.7. The van der Waals surface area contributed by atoms with E-state index in [0.717, 1.165) is 11.1 Å². The molecular formula is C28H36N2NaO9P. The van der Waals surface area contributed by atoms with E-state index in [1.54, 1.807) is 26.0 Å². The molecule has 41 heavy (non-hydrogen) atoms. The van der Waals surface area contributed by atoms with Gasteiger partial charge >= 0.3 is 41.6 Å². The summed E-state index contributed by atoms with van der Waals surface area (Å²) in [5.41, 5.74) is 2.61. The zero-order valence-corrected chi connectivity index (χ0v) is 27.1. The maximum atomic E-state index is 13.3. The fourth-order valence-corrected chi connectivity index (χ4v) is 5.18. The van der Waals surface area contributed by atoms with Crippen molar-refractivity contribution < 1.29 is 72.8 Å². The minimum absolute atomic E-state index is 0. The summed E-state index contributed by atoms with van der Waals surface area (Å²) in [6.07, 6.45) is -2.85. The van der Waals surface area contributed by atoms with Crippen LogP contribution in [0.3, 0.4) is 0 Å². The number of hydrogen-bond donors (Lipinski definition) is 3. The minimum atomic E-state index is -4.24. The van der Waals surface area contributed by atoms with Crippen LogP contribution in [0.5, 0.6) is 0 Å². The molecule has 2 aromatic carbocycles. The van der Waals surface area contributed by atoms with Gasteiger partial charge in [-0.1, -0.05) is 68.4 Å². The second kappa shape index (κ2) is 16.7. The van der Waals surface area contributed by atoms with E-state index in [1.807, 2.05) is 42.5 Å². The number of benzene rings is 2. The van der Waals surface area contributed by atoms with Crippen molar-refractivity contribution in [3.63, 3.8) is 0 Å². The summed E-state index contributed by atoms with van der Waals surface area (Å²) in [7, 11) is -4.24. The molecule has 0 heterocycles. The van der Waals surface area contributed by atoms with Gasteiger partial charge < -0.3 is 34.9 Å². The maximum Gasteiger partial charge on any atom is 1.00 e. The number of ether oxygens (including phenoxy) is 2. The first-order valence-electron chi connectivity index (χ1n) is 12.8. The van der Waals surface area contributed by atoms with Crippen LogP contribution in [0, 0.1) is 11.8 Å². The second-order valence-electron chi connectivity index (χ2n) is 9.84. The molecule has 0 aromatic heterocycles. The summed E-state index contributed by atoms with van der Waals surface area (Å²) in [6, 6.07) is 15.6. The Hall–Kier alpha value is -2.69. The first kappa shape index (κ1) is 36.3. The number of rotatable bonds is 13. The number of esters is 1. The van der Waals surface area contributed by atoms with Gasteiger partial charge in [0, 0.05) is 13.1 Å². The normalized spacial score (nSPS) is 15.2. The standard InChI is InChI=1S/C28H37N2O9P.Na/c1-17(2)27(34)38-20(5)39-28(35)30-19(4)40(36,37)16-24(25(31)29-18(3)26(32)33)15-21-11-13-23(14-12-21)22-9-7-6-8-10-22;/h6-14,17-20,24H,15-16H2,1-5H3,(H,29,31)(H,30,35)(H,32,33)(H,36,37);/q;+1/p-1. The smallest absolute Gasteiger partial charge is 0.548 e. The van der Waals surface area contributed by atoms with Crippen LogP contribution < -0.4 is 45.3 Å². The average Bonchev–Trinajstić information content (AvgIpc) is 2.88. The zero-order valence-electron chi connectivity index (χ0n) is 24.2. The van der Waals surface area contributed by atoms with Crippen LogP contribution in [0.25, 0.3) is 11.1 Å². The predicted octanol–water partition coefficient (Wildman–Crippen LogP) is -0.341. The third-order valence-electron chi connectivity index (χ3n) is 6.07. The summed E-state index contributed by atoms with van der Waals surface area (Å²) in [6.45, 7) is 7.05. The zero-order chi connectivity index (χ0) is 30.0. The number of carboxylic acid groups (broad SMARTS) is 1. The quantitative estimate of drug-likeness (QED) is 0.121. The summed E-state index contributed by atoms with van der Waals surface area (Å²) in [5.74, 6) is -5.71. The first-order chi connectivity index (χ1) is 18.7. The van der Waals surface area contributed by atoms with E-state index in [-0.39, 0.29) is 36.0 Å². The molecule has 5 unspecified atom stereocenters. The fraction of sp³-hybridized carbons (Fsp3) is 0.429. The van der Waals surface area contributed by atoms with E-state index < -0.39 is 67.4 Å². The number of amides is 2. The van der Waals surface area contributed by atoms with Gasteiger partial charge in [0.25, 0.3) is 0 Å². The number of alkyl carbamates (subject to hydrolysis) is 1. The molecule has 0 aliphatic heterocycles. The number of hydrogen-bond acceptors (Lipinski definition) is 8. The van der Waals surface area contributed by atoms with Crippen molar-refractivity contribution >= 4 is 31.3 Å². The summed E-state index contributed by atoms with van der Waals surface area (Å²) < 4.78 is 23.1. The van der Waals surface area contributed by atoms with Gasteiger partial charge in [0.1, 0.15) is 5.78 Å². The molecule has 13 heteroatoms. The van der Waals surface area contributed by atoms with E-state index in [0.29, 0.717) is 5.56 Å². The molecule has 3 N–H and O–H groups in total. The van der Waals surface area contributed by atoms with Gasteiger partial charge in [-0.05, 0) is 37.0 Å². The molecule has 0 fully saturated rings. The Bertz CT molecular complexity index is 1220. The Morgan fingerprint density at radius 1 is 0.878 bits per heavy atom. The molecule has 0 saturated carbocycles. The van der Waals surface area contributed by atoms with Crippen molar-refractivity contribution in [3.05, 3.63) is 60.2 Å². The maximum absolute atomic E-state index is 13.3. The van der Waals surface area contributed by atoms with Crippen LogP contribution in [0.15, 0.2) is 54.6 Å². The first-order valence-corrected chi connectivity index (χ1v) is 14.8. The monoisotopic (exact) mass is 598 g/mol. The van der Waals surface area contributed by atoms with Crippen molar-refractivity contribution in [3.8, 4) is 11.1 Å². The Labute approximate surface area is 262 Å². The van der Waals surface area contributed by atoms with Gasteiger partial charge in [-0.15, -0.1) is 0 Å². The number of carboxylic acids is 1. The number of carbonyl (C=O) groups excluding carboxylic acids is 4. The number of nitrogens with one attached hydrogen (secondary N) is 2. The summed E-state index contributed by atoms with van der Waals surface area (Å²) >= 11 is 0. The third kappa shape index (κ3) is 12.0. The van der Waals surface area contributed by atoms with E-state index in [2.05, 4.69) is 10.6 Å². The van der Waals surface area contributed by atoms with E-state index in [9.17, 15) is 33.7 Å². The third-order valence-corrected chi connectivity index (χ3v) is 8.37. The SMILES string of the molecule is CC(OC(=O)NC(C)P(=O)(O)CC(Cc1ccc(-c2ccccc2)cc1)C(=O)NC(C)C(=O)[O-])OC(=O)C(C)C.[Na+]. The molecule has 0 spiro atoms. The van der Waals surface area contributed by atoms with E-state index in [4.69, 9.17) is 9.47 Å². The number of carbonyl (C=O) groups is 4. The Morgan fingerprint density at radius 3 is 1.98 bits per heavy atom. The number of aliphatic carboxylic acids is 1. The van der Waals surface area contributed by atoms with Crippen molar-refractivity contribution in [2.45, 2.75) is 59.2 Å². The Morgan fingerprint density at radius 2 is 1.44 bits per heavy atom. The fourth-order valence-electron chi connectivity index (χ4n) is 3.63. The Kier molecular flexibility index (Phi) is 14.8. The van der Waals surface area contributed by atoms with Crippen LogP contribution in [0.2, 0.25) is 0 Å². The molecule has 11 nitrogen and oxygen atoms in total. The topological polar surface area (TPSA) is 171 Å². The van der Waals surface area contributed by atoms with E-state index in [1.165, 1.54) is 20.8 Å². The van der Waals surface area contributed by atoms with Gasteiger partial charge in [-0.2, -0.15) is 0 Å². The molecule has 2 aromatic rings. The van der Waals surface area contributed by atoms with Gasteiger partial charge in [0.05, 0.1) is 23.8 Å². The van der Waals surface area contributed by atoms with Crippen LogP contribution in [0.4, 0.5) is 4.79 Å². The second-order valence-corrected chi connectivity index (χ2v) is 12.5.